The highest BCUT2D eigenvalue weighted by molar-refractivity contribution is 6.07. The normalized spacial score (nSPS) is 10.2. The van der Waals surface area contributed by atoms with Crippen LogP contribution in [0.1, 0.15) is 10.4 Å². The van der Waals surface area contributed by atoms with Gasteiger partial charge in [0.2, 0.25) is 5.91 Å². The highest BCUT2D eigenvalue weighted by Crippen LogP contribution is 2.30. The number of hydrogen-bond donors (Lipinski definition) is 2. The lowest BCUT2D eigenvalue weighted by Gasteiger charge is -2.24. The molecule has 0 unspecified atom stereocenters. The summed E-state index contributed by atoms with van der Waals surface area (Å²) in [5.74, 6) is -2.45. The molecule has 2 aromatic carbocycles. The van der Waals surface area contributed by atoms with Gasteiger partial charge in [0.25, 0.3) is 0 Å². The van der Waals surface area contributed by atoms with Crippen LogP contribution in [0.3, 0.4) is 0 Å². The predicted octanol–water partition coefficient (Wildman–Crippen LogP) is 2.15. The van der Waals surface area contributed by atoms with Crippen LogP contribution in [-0.2, 0) is 4.79 Å². The van der Waals surface area contributed by atoms with E-state index in [9.17, 15) is 19.1 Å². The standard InChI is InChI=1S/C15H13FN2O3/c16-11-6-2-4-8-13(11)18(14(19)9-17)12-7-3-1-5-10(12)15(20)21/h1-8H,9,17H2,(H,20,21). The molecule has 2 aromatic rings. The minimum absolute atomic E-state index is 0.0401. The number of carbonyl (C=O) groups excluding carboxylic acids is 1. The maximum Gasteiger partial charge on any atom is 0.337 e. The molecule has 0 aliphatic carbocycles. The predicted molar refractivity (Wildman–Crippen MR) is 76.0 cm³/mol. The Balaban J connectivity index is 2.66. The highest BCUT2D eigenvalue weighted by Gasteiger charge is 2.24. The second-order valence-corrected chi connectivity index (χ2v) is 4.21. The quantitative estimate of drug-likeness (QED) is 0.903. The number of carboxylic acids is 1. The molecule has 0 heterocycles. The van der Waals surface area contributed by atoms with Gasteiger partial charge in [-0.05, 0) is 24.3 Å². The number of nitrogens with two attached hydrogens (primary N) is 1. The van der Waals surface area contributed by atoms with E-state index in [-0.39, 0.29) is 23.5 Å². The van der Waals surface area contributed by atoms with E-state index in [1.807, 2.05) is 0 Å². The topological polar surface area (TPSA) is 83.6 Å². The van der Waals surface area contributed by atoms with Crippen molar-refractivity contribution in [1.82, 2.24) is 0 Å². The number of hydrogen-bond acceptors (Lipinski definition) is 3. The number of carboxylic acid groups (broad SMARTS) is 1. The molecule has 0 aliphatic rings. The average Bonchev–Trinajstić information content (AvgIpc) is 2.49. The number of carbonyl (C=O) groups is 2. The lowest BCUT2D eigenvalue weighted by Crippen LogP contribution is -2.33. The molecule has 0 bridgehead atoms. The summed E-state index contributed by atoms with van der Waals surface area (Å²) in [5, 5.41) is 9.22. The van der Waals surface area contributed by atoms with Crippen molar-refractivity contribution in [2.75, 3.05) is 11.4 Å². The fraction of sp³-hybridized carbons (Fsp3) is 0.0667. The number of para-hydroxylation sites is 2. The van der Waals surface area contributed by atoms with Gasteiger partial charge in [-0.25, -0.2) is 9.18 Å². The summed E-state index contributed by atoms with van der Waals surface area (Å²) >= 11 is 0. The second-order valence-electron chi connectivity index (χ2n) is 4.21. The third-order valence-corrected chi connectivity index (χ3v) is 2.89. The molecule has 1 amide bonds. The summed E-state index contributed by atoms with van der Waals surface area (Å²) in [6.07, 6.45) is 0. The largest absolute Gasteiger partial charge is 0.478 e. The molecule has 0 saturated heterocycles. The summed E-state index contributed by atoms with van der Waals surface area (Å²) < 4.78 is 14.0. The molecule has 0 saturated carbocycles. The van der Waals surface area contributed by atoms with Crippen molar-refractivity contribution in [3.8, 4) is 0 Å². The SMILES string of the molecule is NCC(=O)N(c1ccccc1F)c1ccccc1C(=O)O. The number of aromatic carboxylic acids is 1. The number of amides is 1. The first kappa shape index (κ1) is 14.7. The van der Waals surface area contributed by atoms with Crippen molar-refractivity contribution in [2.24, 2.45) is 5.73 Å². The highest BCUT2D eigenvalue weighted by atomic mass is 19.1. The van der Waals surface area contributed by atoms with Gasteiger partial charge in [-0.2, -0.15) is 0 Å². The van der Waals surface area contributed by atoms with Gasteiger partial charge in [-0.15, -0.1) is 0 Å². The molecule has 108 valence electrons. The molecule has 0 spiro atoms. The van der Waals surface area contributed by atoms with E-state index in [1.165, 1.54) is 36.4 Å². The van der Waals surface area contributed by atoms with Gasteiger partial charge >= 0.3 is 5.97 Å². The fourth-order valence-corrected chi connectivity index (χ4v) is 1.97. The fourth-order valence-electron chi connectivity index (χ4n) is 1.97. The van der Waals surface area contributed by atoms with Crippen LogP contribution in [0.25, 0.3) is 0 Å². The van der Waals surface area contributed by atoms with Crippen LogP contribution < -0.4 is 10.6 Å². The second kappa shape index (κ2) is 6.15. The summed E-state index contributed by atoms with van der Waals surface area (Å²) in [7, 11) is 0. The number of rotatable bonds is 4. The van der Waals surface area contributed by atoms with Gasteiger partial charge in [0.05, 0.1) is 23.5 Å². The van der Waals surface area contributed by atoms with Crippen LogP contribution in [-0.4, -0.2) is 23.5 Å². The van der Waals surface area contributed by atoms with Crippen molar-refractivity contribution in [1.29, 1.82) is 0 Å². The minimum atomic E-state index is -1.21. The van der Waals surface area contributed by atoms with Gasteiger partial charge in [-0.3, -0.25) is 9.69 Å². The molecule has 5 nitrogen and oxygen atoms in total. The smallest absolute Gasteiger partial charge is 0.337 e. The number of benzene rings is 2. The average molecular weight is 288 g/mol. The van der Waals surface area contributed by atoms with E-state index in [0.717, 1.165) is 4.90 Å². The molecule has 21 heavy (non-hydrogen) atoms. The van der Waals surface area contributed by atoms with Crippen LogP contribution in [0.2, 0.25) is 0 Å². The molecular formula is C15H13FN2O3. The maximum absolute atomic E-state index is 14.0. The Morgan fingerprint density at radius 2 is 1.62 bits per heavy atom. The molecule has 6 heteroatoms. The van der Waals surface area contributed by atoms with Crippen LogP contribution in [0, 0.1) is 5.82 Å². The third-order valence-electron chi connectivity index (χ3n) is 2.89. The Morgan fingerprint density at radius 3 is 2.19 bits per heavy atom. The molecule has 0 atom stereocenters. The third kappa shape index (κ3) is 2.90. The van der Waals surface area contributed by atoms with E-state index in [1.54, 1.807) is 12.1 Å². The molecule has 0 aromatic heterocycles. The molecule has 0 radical (unpaired) electrons. The van der Waals surface area contributed by atoms with Crippen molar-refractivity contribution in [2.45, 2.75) is 0 Å². The first-order valence-electron chi connectivity index (χ1n) is 6.16. The zero-order valence-electron chi connectivity index (χ0n) is 11.0. The molecule has 0 aliphatic heterocycles. The Bertz CT molecular complexity index is 688. The Labute approximate surface area is 120 Å². The van der Waals surface area contributed by atoms with E-state index < -0.39 is 17.7 Å². The number of nitrogens with zero attached hydrogens (tertiary/aromatic N) is 1. The maximum atomic E-state index is 14.0. The van der Waals surface area contributed by atoms with E-state index in [4.69, 9.17) is 5.73 Å². The van der Waals surface area contributed by atoms with Crippen molar-refractivity contribution >= 4 is 23.3 Å². The van der Waals surface area contributed by atoms with Crippen molar-refractivity contribution < 1.29 is 19.1 Å². The zero-order chi connectivity index (χ0) is 15.4. The van der Waals surface area contributed by atoms with Gasteiger partial charge in [0.1, 0.15) is 5.82 Å². The van der Waals surface area contributed by atoms with Crippen LogP contribution in [0.5, 0.6) is 0 Å². The van der Waals surface area contributed by atoms with Crippen molar-refractivity contribution in [3.05, 3.63) is 59.9 Å². The summed E-state index contributed by atoms with van der Waals surface area (Å²) in [6.45, 7) is -0.373. The number of anilines is 2. The first-order valence-corrected chi connectivity index (χ1v) is 6.16. The molecule has 3 N–H and O–H groups in total. The van der Waals surface area contributed by atoms with Gasteiger partial charge in [0.15, 0.2) is 0 Å². The lowest BCUT2D eigenvalue weighted by atomic mass is 10.1. The Hall–Kier alpha value is -2.73. The van der Waals surface area contributed by atoms with Crippen LogP contribution in [0.15, 0.2) is 48.5 Å². The summed E-state index contributed by atoms with van der Waals surface area (Å²) in [5.41, 5.74) is 5.29. The molecule has 2 rings (SSSR count). The van der Waals surface area contributed by atoms with Gasteiger partial charge in [-0.1, -0.05) is 24.3 Å². The zero-order valence-corrected chi connectivity index (χ0v) is 11.0. The van der Waals surface area contributed by atoms with Crippen LogP contribution in [0.4, 0.5) is 15.8 Å². The van der Waals surface area contributed by atoms with E-state index >= 15 is 0 Å². The Kier molecular flexibility index (Phi) is 4.30. The molecular weight excluding hydrogens is 275 g/mol. The van der Waals surface area contributed by atoms with E-state index in [0.29, 0.717) is 0 Å². The van der Waals surface area contributed by atoms with Crippen molar-refractivity contribution in [3.63, 3.8) is 0 Å². The number of halogens is 1. The lowest BCUT2D eigenvalue weighted by molar-refractivity contribution is -0.116. The van der Waals surface area contributed by atoms with E-state index in [2.05, 4.69) is 0 Å². The minimum Gasteiger partial charge on any atom is -0.478 e. The Morgan fingerprint density at radius 1 is 1.05 bits per heavy atom. The summed E-state index contributed by atoms with van der Waals surface area (Å²) in [6, 6.07) is 11.5. The first-order chi connectivity index (χ1) is 10.1. The monoisotopic (exact) mass is 288 g/mol. The van der Waals surface area contributed by atoms with Gasteiger partial charge < -0.3 is 10.8 Å². The van der Waals surface area contributed by atoms with Gasteiger partial charge in [0, 0.05) is 0 Å². The van der Waals surface area contributed by atoms with Crippen LogP contribution >= 0.6 is 0 Å². The molecule has 0 fully saturated rings. The summed E-state index contributed by atoms with van der Waals surface area (Å²) in [4.78, 5) is 24.4.